The first-order chi connectivity index (χ1) is 14.1. The maximum Gasteiger partial charge on any atom is 0.0731 e. The van der Waals surface area contributed by atoms with Crippen LogP contribution < -0.4 is 0 Å². The molecule has 1 heteroatoms. The van der Waals surface area contributed by atoms with Gasteiger partial charge in [0.05, 0.1) is 5.69 Å². The second-order valence-corrected chi connectivity index (χ2v) is 7.15. The van der Waals surface area contributed by atoms with Crippen LogP contribution in [-0.4, -0.2) is 4.98 Å². The van der Waals surface area contributed by atoms with Crippen LogP contribution in [0.4, 0.5) is 0 Å². The SMILES string of the molecule is C=C/C=C\C1=CC(CC(=C)c2ccc(-c3ncccc3C)cc2)CC=C1C.CC. The van der Waals surface area contributed by atoms with Crippen LogP contribution in [0.2, 0.25) is 0 Å². The zero-order valence-electron chi connectivity index (χ0n) is 18.3. The smallest absolute Gasteiger partial charge is 0.0731 e. The molecule has 150 valence electrons. The first-order valence-electron chi connectivity index (χ1n) is 10.5. The molecule has 0 spiro atoms. The van der Waals surface area contributed by atoms with Gasteiger partial charge >= 0.3 is 0 Å². The molecule has 0 amide bonds. The van der Waals surface area contributed by atoms with Gasteiger partial charge < -0.3 is 0 Å². The minimum absolute atomic E-state index is 0.489. The van der Waals surface area contributed by atoms with E-state index in [1.807, 2.05) is 38.3 Å². The highest BCUT2D eigenvalue weighted by molar-refractivity contribution is 5.69. The molecule has 1 aromatic carbocycles. The number of hydrogen-bond donors (Lipinski definition) is 0. The van der Waals surface area contributed by atoms with E-state index in [-0.39, 0.29) is 0 Å². The normalized spacial score (nSPS) is 15.8. The van der Waals surface area contributed by atoms with Gasteiger partial charge in [-0.15, -0.1) is 0 Å². The molecule has 1 atom stereocenters. The summed E-state index contributed by atoms with van der Waals surface area (Å²) in [7, 11) is 0. The molecule has 0 saturated carbocycles. The third-order valence-corrected chi connectivity index (χ3v) is 5.09. The Labute approximate surface area is 176 Å². The molecular weight excluding hydrogens is 350 g/mol. The van der Waals surface area contributed by atoms with Crippen molar-refractivity contribution in [2.45, 2.75) is 40.5 Å². The maximum atomic E-state index is 4.51. The van der Waals surface area contributed by atoms with E-state index in [0.717, 1.165) is 24.1 Å². The number of benzene rings is 1. The Hall–Kier alpha value is -2.93. The number of rotatable bonds is 6. The van der Waals surface area contributed by atoms with Crippen molar-refractivity contribution in [1.82, 2.24) is 4.98 Å². The van der Waals surface area contributed by atoms with E-state index < -0.39 is 0 Å². The largest absolute Gasteiger partial charge is 0.256 e. The average Bonchev–Trinajstić information content (AvgIpc) is 2.76. The molecule has 3 rings (SSSR count). The van der Waals surface area contributed by atoms with Crippen molar-refractivity contribution in [2.75, 3.05) is 0 Å². The lowest BCUT2D eigenvalue weighted by atomic mass is 9.85. The quantitative estimate of drug-likeness (QED) is 0.459. The van der Waals surface area contributed by atoms with Crippen LogP contribution in [-0.2, 0) is 0 Å². The molecule has 29 heavy (non-hydrogen) atoms. The Morgan fingerprint density at radius 3 is 2.52 bits per heavy atom. The van der Waals surface area contributed by atoms with Crippen molar-refractivity contribution in [3.63, 3.8) is 0 Å². The number of aryl methyl sites for hydroxylation is 1. The van der Waals surface area contributed by atoms with Gasteiger partial charge in [0.2, 0.25) is 0 Å². The van der Waals surface area contributed by atoms with Gasteiger partial charge in [-0.25, -0.2) is 0 Å². The number of pyridine rings is 1. The Bertz CT molecular complexity index is 923. The van der Waals surface area contributed by atoms with Gasteiger partial charge in [0.15, 0.2) is 0 Å². The molecule has 1 aliphatic carbocycles. The van der Waals surface area contributed by atoms with Crippen LogP contribution in [0.15, 0.2) is 97.3 Å². The Morgan fingerprint density at radius 1 is 1.14 bits per heavy atom. The van der Waals surface area contributed by atoms with Crippen molar-refractivity contribution in [3.05, 3.63) is 108 Å². The highest BCUT2D eigenvalue weighted by Gasteiger charge is 2.14. The molecule has 2 aromatic rings. The van der Waals surface area contributed by atoms with E-state index in [0.29, 0.717) is 5.92 Å². The maximum absolute atomic E-state index is 4.51. The van der Waals surface area contributed by atoms with Gasteiger partial charge in [0.25, 0.3) is 0 Å². The third-order valence-electron chi connectivity index (χ3n) is 5.09. The number of allylic oxidation sites excluding steroid dienone is 8. The first-order valence-corrected chi connectivity index (χ1v) is 10.5. The van der Waals surface area contributed by atoms with Gasteiger partial charge in [0.1, 0.15) is 0 Å². The van der Waals surface area contributed by atoms with Crippen molar-refractivity contribution < 1.29 is 0 Å². The molecule has 1 heterocycles. The van der Waals surface area contributed by atoms with E-state index in [2.05, 4.69) is 80.5 Å². The molecule has 0 radical (unpaired) electrons. The third kappa shape index (κ3) is 6.02. The van der Waals surface area contributed by atoms with Crippen molar-refractivity contribution >= 4 is 5.57 Å². The molecule has 1 aliphatic rings. The molecule has 1 unspecified atom stereocenters. The molecule has 0 N–H and O–H groups in total. The van der Waals surface area contributed by atoms with Crippen LogP contribution in [0.25, 0.3) is 16.8 Å². The summed E-state index contributed by atoms with van der Waals surface area (Å²) >= 11 is 0. The molecular formula is C28H33N. The summed E-state index contributed by atoms with van der Waals surface area (Å²) in [6, 6.07) is 12.7. The van der Waals surface area contributed by atoms with Gasteiger partial charge in [0, 0.05) is 11.8 Å². The molecule has 0 aliphatic heterocycles. The molecule has 0 bridgehead atoms. The number of hydrogen-bond acceptors (Lipinski definition) is 1. The van der Waals surface area contributed by atoms with E-state index in [9.17, 15) is 0 Å². The van der Waals surface area contributed by atoms with E-state index in [4.69, 9.17) is 0 Å². The fourth-order valence-electron chi connectivity index (χ4n) is 3.49. The van der Waals surface area contributed by atoms with Crippen LogP contribution in [0, 0.1) is 12.8 Å². The number of nitrogens with zero attached hydrogens (tertiary/aromatic N) is 1. The highest BCUT2D eigenvalue weighted by atomic mass is 14.7. The van der Waals surface area contributed by atoms with E-state index >= 15 is 0 Å². The molecule has 1 aromatic heterocycles. The zero-order valence-corrected chi connectivity index (χ0v) is 18.3. The van der Waals surface area contributed by atoms with Crippen LogP contribution in [0.5, 0.6) is 0 Å². The monoisotopic (exact) mass is 383 g/mol. The molecule has 0 saturated heterocycles. The van der Waals surface area contributed by atoms with Gasteiger partial charge in [-0.05, 0) is 66.5 Å². The lowest BCUT2D eigenvalue weighted by Gasteiger charge is -2.20. The lowest BCUT2D eigenvalue weighted by molar-refractivity contribution is 0.670. The standard InChI is InChI=1S/C26H27N.C2H6/c1-5-6-9-25-18-22(11-10-19(25)2)17-21(4)23-12-14-24(15-13-23)26-20(3)8-7-16-27-26;1-2/h5-10,12-16,18,22H,1,4,11,17H2,2-3H3;1-2H3/b9-6-;. The Kier molecular flexibility index (Phi) is 8.61. The van der Waals surface area contributed by atoms with Crippen LogP contribution >= 0.6 is 0 Å². The highest BCUT2D eigenvalue weighted by Crippen LogP contribution is 2.31. The minimum Gasteiger partial charge on any atom is -0.256 e. The average molecular weight is 384 g/mol. The summed E-state index contributed by atoms with van der Waals surface area (Å²) in [5.74, 6) is 0.489. The summed E-state index contributed by atoms with van der Waals surface area (Å²) < 4.78 is 0. The number of aromatic nitrogens is 1. The topological polar surface area (TPSA) is 12.9 Å². The van der Waals surface area contributed by atoms with Gasteiger partial charge in [-0.1, -0.05) is 87.7 Å². The summed E-state index contributed by atoms with van der Waals surface area (Å²) in [6.07, 6.45) is 14.5. The van der Waals surface area contributed by atoms with Crippen LogP contribution in [0.1, 0.15) is 44.7 Å². The van der Waals surface area contributed by atoms with Gasteiger partial charge in [-0.3, -0.25) is 4.98 Å². The van der Waals surface area contributed by atoms with Crippen molar-refractivity contribution in [2.24, 2.45) is 5.92 Å². The molecule has 1 nitrogen and oxygen atoms in total. The summed E-state index contributed by atoms with van der Waals surface area (Å²) in [5, 5.41) is 0. The van der Waals surface area contributed by atoms with Crippen LogP contribution in [0.3, 0.4) is 0 Å². The van der Waals surface area contributed by atoms with Gasteiger partial charge in [-0.2, -0.15) is 0 Å². The molecule has 0 fully saturated rings. The second-order valence-electron chi connectivity index (χ2n) is 7.15. The lowest BCUT2D eigenvalue weighted by Crippen LogP contribution is -2.03. The summed E-state index contributed by atoms with van der Waals surface area (Å²) in [5.41, 5.74) is 8.40. The fourth-order valence-corrected chi connectivity index (χ4v) is 3.49. The summed E-state index contributed by atoms with van der Waals surface area (Å²) in [6.45, 7) is 16.4. The van der Waals surface area contributed by atoms with Crippen molar-refractivity contribution in [1.29, 1.82) is 0 Å². The minimum atomic E-state index is 0.489. The fraction of sp³-hybridized carbons (Fsp3) is 0.250. The van der Waals surface area contributed by atoms with E-state index in [1.165, 1.54) is 27.8 Å². The zero-order chi connectivity index (χ0) is 21.2. The predicted octanol–water partition coefficient (Wildman–Crippen LogP) is 8.12. The summed E-state index contributed by atoms with van der Waals surface area (Å²) in [4.78, 5) is 4.51. The first kappa shape index (κ1) is 22.4. The predicted molar refractivity (Wildman–Crippen MR) is 129 cm³/mol. The Balaban J connectivity index is 0.00000145. The van der Waals surface area contributed by atoms with E-state index in [1.54, 1.807) is 0 Å². The Morgan fingerprint density at radius 2 is 1.86 bits per heavy atom. The van der Waals surface area contributed by atoms with Crippen molar-refractivity contribution in [3.8, 4) is 11.3 Å². The second kappa shape index (κ2) is 11.2.